The maximum absolute atomic E-state index is 9.78. The van der Waals surface area contributed by atoms with Crippen molar-refractivity contribution in [3.63, 3.8) is 0 Å². The highest BCUT2D eigenvalue weighted by molar-refractivity contribution is 5.54. The average Bonchev–Trinajstić information content (AvgIpc) is 2.78. The van der Waals surface area contributed by atoms with Gasteiger partial charge in [-0.3, -0.25) is 0 Å². The molecule has 0 spiro atoms. The number of ether oxygens (including phenoxy) is 1. The smallest absolute Gasteiger partial charge is 0.247 e. The van der Waals surface area contributed by atoms with E-state index in [1.54, 1.807) is 13.8 Å². The van der Waals surface area contributed by atoms with E-state index in [0.717, 1.165) is 11.3 Å². The standard InChI is InChI=1S/C14H18N2O3/c1-9(2)18-11-7-5-10(6-8-11)12-15-16-13(19-12)14(3,4)17/h5-9,17H,1-4H3. The van der Waals surface area contributed by atoms with Crippen LogP contribution in [0.15, 0.2) is 28.7 Å². The Morgan fingerprint density at radius 3 is 2.26 bits per heavy atom. The lowest BCUT2D eigenvalue weighted by Gasteiger charge is -2.10. The van der Waals surface area contributed by atoms with Crippen LogP contribution >= 0.6 is 0 Å². The maximum Gasteiger partial charge on any atom is 0.247 e. The van der Waals surface area contributed by atoms with Crippen LogP contribution in [0.3, 0.4) is 0 Å². The summed E-state index contributed by atoms with van der Waals surface area (Å²) in [5.41, 5.74) is -0.342. The second-order valence-corrected chi connectivity index (χ2v) is 5.16. The van der Waals surface area contributed by atoms with E-state index in [1.807, 2.05) is 38.1 Å². The summed E-state index contributed by atoms with van der Waals surface area (Å²) in [6.07, 6.45) is 0.135. The molecular weight excluding hydrogens is 244 g/mol. The first-order valence-electron chi connectivity index (χ1n) is 6.19. The molecule has 1 N–H and O–H groups in total. The number of aliphatic hydroxyl groups is 1. The molecule has 5 nitrogen and oxygen atoms in total. The average molecular weight is 262 g/mol. The van der Waals surface area contributed by atoms with Crippen LogP contribution in [0.5, 0.6) is 5.75 Å². The van der Waals surface area contributed by atoms with Gasteiger partial charge in [0, 0.05) is 5.56 Å². The molecule has 1 aromatic carbocycles. The van der Waals surface area contributed by atoms with E-state index in [4.69, 9.17) is 9.15 Å². The minimum Gasteiger partial charge on any atom is -0.491 e. The Morgan fingerprint density at radius 1 is 1.16 bits per heavy atom. The Morgan fingerprint density at radius 2 is 1.79 bits per heavy atom. The summed E-state index contributed by atoms with van der Waals surface area (Å²) in [7, 11) is 0. The third-order valence-corrected chi connectivity index (χ3v) is 2.42. The first-order chi connectivity index (χ1) is 8.86. The van der Waals surface area contributed by atoms with Crippen molar-refractivity contribution >= 4 is 0 Å². The highest BCUT2D eigenvalue weighted by Gasteiger charge is 2.24. The third-order valence-electron chi connectivity index (χ3n) is 2.42. The lowest BCUT2D eigenvalue weighted by Crippen LogP contribution is -2.15. The van der Waals surface area contributed by atoms with E-state index in [-0.39, 0.29) is 12.0 Å². The number of nitrogens with zero attached hydrogens (tertiary/aromatic N) is 2. The van der Waals surface area contributed by atoms with Crippen molar-refractivity contribution in [1.29, 1.82) is 0 Å². The predicted octanol–water partition coefficient (Wildman–Crippen LogP) is 2.75. The van der Waals surface area contributed by atoms with Gasteiger partial charge in [-0.05, 0) is 52.0 Å². The molecule has 1 aromatic heterocycles. The molecule has 0 aliphatic carbocycles. The number of rotatable bonds is 4. The van der Waals surface area contributed by atoms with Crippen molar-refractivity contribution in [3.05, 3.63) is 30.2 Å². The Kier molecular flexibility index (Phi) is 3.57. The molecule has 0 saturated heterocycles. The molecule has 1 heterocycles. The normalized spacial score (nSPS) is 11.9. The Labute approximate surface area is 112 Å². The van der Waals surface area contributed by atoms with Crippen LogP contribution in [0.2, 0.25) is 0 Å². The van der Waals surface area contributed by atoms with Gasteiger partial charge in [0.25, 0.3) is 0 Å². The van der Waals surface area contributed by atoms with Gasteiger partial charge in [-0.15, -0.1) is 10.2 Å². The van der Waals surface area contributed by atoms with Crippen LogP contribution < -0.4 is 4.74 Å². The summed E-state index contributed by atoms with van der Waals surface area (Å²) in [6, 6.07) is 7.39. The summed E-state index contributed by atoms with van der Waals surface area (Å²) in [6.45, 7) is 7.15. The Bertz CT molecular complexity index is 539. The summed E-state index contributed by atoms with van der Waals surface area (Å²) in [5, 5.41) is 17.5. The summed E-state index contributed by atoms with van der Waals surface area (Å²) in [5.74, 6) is 1.37. The largest absolute Gasteiger partial charge is 0.491 e. The van der Waals surface area contributed by atoms with Crippen LogP contribution in [0.25, 0.3) is 11.5 Å². The van der Waals surface area contributed by atoms with Gasteiger partial charge in [0.2, 0.25) is 11.8 Å². The molecule has 2 aromatic rings. The molecule has 0 bridgehead atoms. The lowest BCUT2D eigenvalue weighted by atomic mass is 10.1. The molecule has 0 saturated carbocycles. The second-order valence-electron chi connectivity index (χ2n) is 5.16. The predicted molar refractivity (Wildman–Crippen MR) is 70.7 cm³/mol. The quantitative estimate of drug-likeness (QED) is 0.917. The SMILES string of the molecule is CC(C)Oc1ccc(-c2nnc(C(C)(C)O)o2)cc1. The zero-order valence-corrected chi connectivity index (χ0v) is 11.5. The fourth-order valence-electron chi connectivity index (χ4n) is 1.54. The van der Waals surface area contributed by atoms with Crippen molar-refractivity contribution in [3.8, 4) is 17.2 Å². The van der Waals surface area contributed by atoms with Crippen molar-refractivity contribution in [2.75, 3.05) is 0 Å². The van der Waals surface area contributed by atoms with Crippen LogP contribution in [0.4, 0.5) is 0 Å². The van der Waals surface area contributed by atoms with Crippen LogP contribution in [0.1, 0.15) is 33.6 Å². The van der Waals surface area contributed by atoms with Crippen molar-refractivity contribution in [1.82, 2.24) is 10.2 Å². The molecule has 19 heavy (non-hydrogen) atoms. The molecule has 102 valence electrons. The monoisotopic (exact) mass is 262 g/mol. The lowest BCUT2D eigenvalue weighted by molar-refractivity contribution is 0.0488. The van der Waals surface area contributed by atoms with Gasteiger partial charge < -0.3 is 14.3 Å². The molecule has 0 radical (unpaired) electrons. The van der Waals surface area contributed by atoms with Gasteiger partial charge in [-0.2, -0.15) is 0 Å². The molecule has 0 fully saturated rings. The zero-order chi connectivity index (χ0) is 14.0. The Balaban J connectivity index is 2.20. The minimum atomic E-state index is -1.13. The van der Waals surface area contributed by atoms with Gasteiger partial charge in [0.1, 0.15) is 11.4 Å². The van der Waals surface area contributed by atoms with Crippen LogP contribution in [0, 0.1) is 0 Å². The topological polar surface area (TPSA) is 68.4 Å². The first-order valence-corrected chi connectivity index (χ1v) is 6.19. The van der Waals surface area contributed by atoms with Gasteiger partial charge >= 0.3 is 0 Å². The number of hydrogen-bond donors (Lipinski definition) is 1. The first kappa shape index (κ1) is 13.5. The minimum absolute atomic E-state index is 0.135. The van der Waals surface area contributed by atoms with Crippen molar-refractivity contribution < 1.29 is 14.3 Å². The summed E-state index contributed by atoms with van der Waals surface area (Å²) >= 11 is 0. The molecule has 0 atom stereocenters. The van der Waals surface area contributed by atoms with Gasteiger partial charge in [0.05, 0.1) is 6.10 Å². The van der Waals surface area contributed by atoms with E-state index in [9.17, 15) is 5.11 Å². The molecule has 0 unspecified atom stereocenters. The fraction of sp³-hybridized carbons (Fsp3) is 0.429. The van der Waals surface area contributed by atoms with E-state index in [1.165, 1.54) is 0 Å². The van der Waals surface area contributed by atoms with E-state index in [2.05, 4.69) is 10.2 Å². The third kappa shape index (κ3) is 3.32. The number of benzene rings is 1. The highest BCUT2D eigenvalue weighted by Crippen LogP contribution is 2.25. The fourth-order valence-corrected chi connectivity index (χ4v) is 1.54. The molecule has 0 aliphatic rings. The van der Waals surface area contributed by atoms with Crippen molar-refractivity contribution in [2.24, 2.45) is 0 Å². The van der Waals surface area contributed by atoms with Crippen LogP contribution in [-0.2, 0) is 5.60 Å². The van der Waals surface area contributed by atoms with Gasteiger partial charge in [-0.1, -0.05) is 0 Å². The van der Waals surface area contributed by atoms with Crippen molar-refractivity contribution in [2.45, 2.75) is 39.4 Å². The number of hydrogen-bond acceptors (Lipinski definition) is 5. The highest BCUT2D eigenvalue weighted by atomic mass is 16.5. The van der Waals surface area contributed by atoms with Gasteiger partial charge in [-0.25, -0.2) is 0 Å². The van der Waals surface area contributed by atoms with E-state index < -0.39 is 5.60 Å². The molecule has 0 amide bonds. The summed E-state index contributed by atoms with van der Waals surface area (Å²) in [4.78, 5) is 0. The van der Waals surface area contributed by atoms with E-state index >= 15 is 0 Å². The zero-order valence-electron chi connectivity index (χ0n) is 11.5. The molecular formula is C14H18N2O3. The number of aromatic nitrogens is 2. The van der Waals surface area contributed by atoms with Crippen LogP contribution in [-0.4, -0.2) is 21.4 Å². The molecule has 2 rings (SSSR count). The van der Waals surface area contributed by atoms with Gasteiger partial charge in [0.15, 0.2) is 0 Å². The Hall–Kier alpha value is -1.88. The van der Waals surface area contributed by atoms with E-state index in [0.29, 0.717) is 5.89 Å². The maximum atomic E-state index is 9.78. The summed E-state index contributed by atoms with van der Waals surface area (Å²) < 4.78 is 11.0. The second kappa shape index (κ2) is 5.01. The molecule has 5 heteroatoms. The molecule has 0 aliphatic heterocycles.